The van der Waals surface area contributed by atoms with Crippen LogP contribution in [0.1, 0.15) is 50.9 Å². The zero-order chi connectivity index (χ0) is 19.5. The number of benzene rings is 1. The summed E-state index contributed by atoms with van der Waals surface area (Å²) in [6.07, 6.45) is 0.718. The third kappa shape index (κ3) is 4.97. The van der Waals surface area contributed by atoms with Gasteiger partial charge in [0.15, 0.2) is 0 Å². The van der Waals surface area contributed by atoms with Gasteiger partial charge in [-0.1, -0.05) is 13.0 Å². The van der Waals surface area contributed by atoms with Crippen LogP contribution in [0.3, 0.4) is 0 Å². The van der Waals surface area contributed by atoms with Crippen molar-refractivity contribution in [2.45, 2.75) is 46.1 Å². The number of piperidine rings is 1. The number of likely N-dealkylation sites (tertiary alicyclic amines) is 1. The number of nitrogens with two attached hydrogens (primary N) is 1. The van der Waals surface area contributed by atoms with Gasteiger partial charge in [-0.15, -0.1) is 0 Å². The van der Waals surface area contributed by atoms with Gasteiger partial charge in [0.2, 0.25) is 11.8 Å². The normalized spacial score (nSPS) is 16.7. The summed E-state index contributed by atoms with van der Waals surface area (Å²) in [7, 11) is 0. The molecule has 2 rings (SSSR count). The van der Waals surface area contributed by atoms with Crippen molar-refractivity contribution in [1.29, 1.82) is 0 Å². The summed E-state index contributed by atoms with van der Waals surface area (Å²) in [4.78, 5) is 37.8. The average Bonchev–Trinajstić information content (AvgIpc) is 2.54. The van der Waals surface area contributed by atoms with E-state index in [1.807, 2.05) is 27.7 Å². The van der Waals surface area contributed by atoms with E-state index in [0.29, 0.717) is 37.2 Å². The number of nitrogens with zero attached hydrogens (tertiary/aromatic N) is 1. The zero-order valence-electron chi connectivity index (χ0n) is 15.8. The van der Waals surface area contributed by atoms with Gasteiger partial charge in [0.25, 0.3) is 0 Å². The maximum absolute atomic E-state index is 12.7. The Morgan fingerprint density at radius 3 is 2.35 bits per heavy atom. The number of carbonyl (C=O) groups is 3. The number of carbonyl (C=O) groups excluding carboxylic acids is 3. The van der Waals surface area contributed by atoms with Gasteiger partial charge in [-0.05, 0) is 51.8 Å². The molecule has 0 atom stereocenters. The lowest BCUT2D eigenvalue weighted by molar-refractivity contribution is -0.127. The summed E-state index contributed by atoms with van der Waals surface area (Å²) >= 11 is 0. The largest absolute Gasteiger partial charge is 0.444 e. The monoisotopic (exact) mass is 361 g/mol. The first kappa shape index (κ1) is 19.8. The SMILES string of the molecule is CC(C)(C)OC(=O)N1CCC(C)(C(=O)Nc2cccc(C(N)=O)c2)CC1. The van der Waals surface area contributed by atoms with E-state index in [-0.39, 0.29) is 12.0 Å². The van der Waals surface area contributed by atoms with Crippen LogP contribution in [0.25, 0.3) is 0 Å². The Kier molecular flexibility index (Phi) is 5.59. The van der Waals surface area contributed by atoms with Gasteiger partial charge in [-0.2, -0.15) is 0 Å². The van der Waals surface area contributed by atoms with Crippen molar-refractivity contribution >= 4 is 23.6 Å². The molecule has 26 heavy (non-hydrogen) atoms. The Hall–Kier alpha value is -2.57. The minimum atomic E-state index is -0.596. The molecular formula is C19H27N3O4. The van der Waals surface area contributed by atoms with Crippen LogP contribution in [-0.2, 0) is 9.53 Å². The van der Waals surface area contributed by atoms with Crippen molar-refractivity contribution in [2.24, 2.45) is 11.1 Å². The number of ether oxygens (including phenoxy) is 1. The standard InChI is InChI=1S/C19H27N3O4/c1-18(2,3)26-17(25)22-10-8-19(4,9-11-22)16(24)21-14-7-5-6-13(12-14)15(20)23/h5-7,12H,8-11H2,1-4H3,(H2,20,23)(H,21,24). The average molecular weight is 361 g/mol. The van der Waals surface area contributed by atoms with Gasteiger partial charge in [-0.3, -0.25) is 9.59 Å². The first-order valence-corrected chi connectivity index (χ1v) is 8.69. The minimum absolute atomic E-state index is 0.136. The van der Waals surface area contributed by atoms with E-state index in [0.717, 1.165) is 0 Å². The first-order chi connectivity index (χ1) is 12.0. The zero-order valence-corrected chi connectivity index (χ0v) is 15.8. The van der Waals surface area contributed by atoms with Crippen molar-refractivity contribution < 1.29 is 19.1 Å². The molecule has 3 N–H and O–H groups in total. The van der Waals surface area contributed by atoms with Gasteiger partial charge in [-0.25, -0.2) is 4.79 Å². The number of primary amides is 1. The second-order valence-corrected chi connectivity index (χ2v) is 7.93. The lowest BCUT2D eigenvalue weighted by Gasteiger charge is -2.38. The van der Waals surface area contributed by atoms with E-state index >= 15 is 0 Å². The molecule has 1 aliphatic rings. The van der Waals surface area contributed by atoms with Gasteiger partial charge in [0.1, 0.15) is 5.60 Å². The fraction of sp³-hybridized carbons (Fsp3) is 0.526. The van der Waals surface area contributed by atoms with Gasteiger partial charge in [0.05, 0.1) is 5.41 Å². The van der Waals surface area contributed by atoms with E-state index in [1.54, 1.807) is 29.2 Å². The maximum Gasteiger partial charge on any atom is 0.410 e. The van der Waals surface area contributed by atoms with E-state index < -0.39 is 16.9 Å². The molecule has 0 unspecified atom stereocenters. The van der Waals surface area contributed by atoms with Crippen LogP contribution in [-0.4, -0.2) is 41.5 Å². The van der Waals surface area contributed by atoms with Crippen LogP contribution < -0.4 is 11.1 Å². The minimum Gasteiger partial charge on any atom is -0.444 e. The van der Waals surface area contributed by atoms with Crippen molar-refractivity contribution in [1.82, 2.24) is 4.90 Å². The van der Waals surface area contributed by atoms with E-state index in [9.17, 15) is 14.4 Å². The van der Waals surface area contributed by atoms with Crippen molar-refractivity contribution in [3.8, 4) is 0 Å². The smallest absolute Gasteiger partial charge is 0.410 e. The highest BCUT2D eigenvalue weighted by atomic mass is 16.6. The Morgan fingerprint density at radius 1 is 1.19 bits per heavy atom. The lowest BCUT2D eigenvalue weighted by atomic mass is 9.79. The van der Waals surface area contributed by atoms with Gasteiger partial charge in [0, 0.05) is 24.3 Å². The summed E-state index contributed by atoms with van der Waals surface area (Å²) < 4.78 is 5.38. The fourth-order valence-corrected chi connectivity index (χ4v) is 2.77. The van der Waals surface area contributed by atoms with Crippen LogP contribution in [0.2, 0.25) is 0 Å². The molecule has 142 valence electrons. The molecule has 0 aromatic heterocycles. The summed E-state index contributed by atoms with van der Waals surface area (Å²) in [5.74, 6) is -0.680. The number of hydrogen-bond acceptors (Lipinski definition) is 4. The molecule has 0 bridgehead atoms. The molecular weight excluding hydrogens is 334 g/mol. The predicted molar refractivity (Wildman–Crippen MR) is 98.7 cm³/mol. The van der Waals surface area contributed by atoms with Crippen molar-refractivity contribution in [2.75, 3.05) is 18.4 Å². The molecule has 1 aliphatic heterocycles. The molecule has 1 saturated heterocycles. The Bertz CT molecular complexity index is 701. The number of rotatable bonds is 3. The number of anilines is 1. The second kappa shape index (κ2) is 7.35. The number of hydrogen-bond donors (Lipinski definition) is 2. The fourth-order valence-electron chi connectivity index (χ4n) is 2.77. The van der Waals surface area contributed by atoms with E-state index in [4.69, 9.17) is 10.5 Å². The molecule has 0 aliphatic carbocycles. The molecule has 0 spiro atoms. The van der Waals surface area contributed by atoms with Crippen LogP contribution in [0.4, 0.5) is 10.5 Å². The van der Waals surface area contributed by atoms with Crippen molar-refractivity contribution in [3.05, 3.63) is 29.8 Å². The molecule has 0 saturated carbocycles. The van der Waals surface area contributed by atoms with E-state index in [1.165, 1.54) is 0 Å². The molecule has 7 nitrogen and oxygen atoms in total. The van der Waals surface area contributed by atoms with Crippen LogP contribution in [0.15, 0.2) is 24.3 Å². The van der Waals surface area contributed by atoms with Crippen molar-refractivity contribution in [3.63, 3.8) is 0 Å². The first-order valence-electron chi connectivity index (χ1n) is 8.69. The molecule has 1 aromatic carbocycles. The Labute approximate surface area is 153 Å². The van der Waals surface area contributed by atoms with Crippen LogP contribution in [0.5, 0.6) is 0 Å². The molecule has 7 heteroatoms. The maximum atomic E-state index is 12.7. The highest BCUT2D eigenvalue weighted by molar-refractivity contribution is 5.98. The van der Waals surface area contributed by atoms with Gasteiger partial charge >= 0.3 is 6.09 Å². The number of amides is 3. The Morgan fingerprint density at radius 2 is 1.81 bits per heavy atom. The topological polar surface area (TPSA) is 102 Å². The summed E-state index contributed by atoms with van der Waals surface area (Å²) in [6, 6.07) is 6.53. The molecule has 1 aromatic rings. The van der Waals surface area contributed by atoms with Crippen LogP contribution in [0, 0.1) is 5.41 Å². The predicted octanol–water partition coefficient (Wildman–Crippen LogP) is 2.76. The highest BCUT2D eigenvalue weighted by Gasteiger charge is 2.39. The highest BCUT2D eigenvalue weighted by Crippen LogP contribution is 2.33. The summed E-state index contributed by atoms with van der Waals surface area (Å²) in [6.45, 7) is 8.28. The lowest BCUT2D eigenvalue weighted by Crippen LogP contribution is -2.48. The molecule has 1 heterocycles. The second-order valence-electron chi connectivity index (χ2n) is 7.93. The molecule has 0 radical (unpaired) electrons. The summed E-state index contributed by atoms with van der Waals surface area (Å²) in [5, 5.41) is 2.85. The van der Waals surface area contributed by atoms with Gasteiger partial charge < -0.3 is 20.7 Å². The van der Waals surface area contributed by atoms with E-state index in [2.05, 4.69) is 5.32 Å². The molecule has 3 amide bonds. The van der Waals surface area contributed by atoms with Crippen LogP contribution >= 0.6 is 0 Å². The number of nitrogens with one attached hydrogen (secondary N) is 1. The Balaban J connectivity index is 1.97. The summed E-state index contributed by atoms with van der Waals surface area (Å²) in [5.41, 5.74) is 5.00. The quantitative estimate of drug-likeness (QED) is 0.864. The molecule has 1 fully saturated rings. The third-order valence-corrected chi connectivity index (χ3v) is 4.47. The third-order valence-electron chi connectivity index (χ3n) is 4.47.